The first-order chi connectivity index (χ1) is 12.7. The summed E-state index contributed by atoms with van der Waals surface area (Å²) >= 11 is 8.94. The molecule has 6 heteroatoms. The molecule has 0 aliphatic heterocycles. The van der Waals surface area contributed by atoms with Crippen LogP contribution >= 0.6 is 25.3 Å². The summed E-state index contributed by atoms with van der Waals surface area (Å²) < 4.78 is 11.8. The van der Waals surface area contributed by atoms with Crippen LogP contribution in [0.4, 0.5) is 0 Å². The second-order valence-corrected chi connectivity index (χ2v) is 6.82. The van der Waals surface area contributed by atoms with Gasteiger partial charge >= 0.3 is 0 Å². The third-order valence-corrected chi connectivity index (χ3v) is 4.95. The lowest BCUT2D eigenvalue weighted by molar-refractivity contribution is 0.616. The quantitative estimate of drug-likeness (QED) is 0.378. The molecule has 2 heterocycles. The Morgan fingerprint density at radius 2 is 1.04 bits per heavy atom. The molecule has 2 aromatic heterocycles. The number of rotatable bonds is 2. The van der Waals surface area contributed by atoms with Gasteiger partial charge in [0.25, 0.3) is 0 Å². The van der Waals surface area contributed by atoms with E-state index in [9.17, 15) is 0 Å². The minimum Gasteiger partial charge on any atom is -0.436 e. The van der Waals surface area contributed by atoms with Crippen molar-refractivity contribution >= 4 is 47.5 Å². The first-order valence-corrected chi connectivity index (χ1v) is 8.86. The van der Waals surface area contributed by atoms with Crippen LogP contribution in [0.25, 0.3) is 45.1 Å². The van der Waals surface area contributed by atoms with Gasteiger partial charge in [-0.15, -0.1) is 25.3 Å². The highest BCUT2D eigenvalue weighted by Crippen LogP contribution is 2.33. The third kappa shape index (κ3) is 2.50. The van der Waals surface area contributed by atoms with E-state index in [-0.39, 0.29) is 0 Å². The number of fused-ring (bicyclic) bond motifs is 2. The molecule has 26 heavy (non-hydrogen) atoms. The van der Waals surface area contributed by atoms with E-state index < -0.39 is 0 Å². The Morgan fingerprint density at radius 3 is 1.46 bits per heavy atom. The normalized spacial score (nSPS) is 11.5. The summed E-state index contributed by atoms with van der Waals surface area (Å²) in [6.07, 6.45) is 0. The maximum Gasteiger partial charge on any atom is 0.228 e. The summed E-state index contributed by atoms with van der Waals surface area (Å²) in [6, 6.07) is 19.1. The van der Waals surface area contributed by atoms with Gasteiger partial charge in [0.15, 0.2) is 11.2 Å². The van der Waals surface area contributed by atoms with Crippen molar-refractivity contribution < 1.29 is 8.83 Å². The zero-order chi connectivity index (χ0) is 17.7. The summed E-state index contributed by atoms with van der Waals surface area (Å²) in [7, 11) is 0. The highest BCUT2D eigenvalue weighted by molar-refractivity contribution is 7.80. The predicted octanol–water partition coefficient (Wildman–Crippen LogP) is 5.88. The van der Waals surface area contributed by atoms with Gasteiger partial charge in [0.1, 0.15) is 11.0 Å². The molecule has 0 atom stereocenters. The lowest BCUT2D eigenvalue weighted by atomic mass is 10.2. The fraction of sp³-hybridized carbons (Fsp3) is 0. The first kappa shape index (κ1) is 15.5. The van der Waals surface area contributed by atoms with Crippen molar-refractivity contribution in [2.45, 2.75) is 9.79 Å². The van der Waals surface area contributed by atoms with Gasteiger partial charge < -0.3 is 8.83 Å². The molecule has 0 fully saturated rings. The molecule has 0 bridgehead atoms. The molecule has 0 aliphatic rings. The number of nitrogens with zero attached hydrogens (tertiary/aromatic N) is 2. The molecule has 0 spiro atoms. The Labute approximate surface area is 159 Å². The Balaban J connectivity index is 1.66. The molecule has 0 saturated carbocycles. The van der Waals surface area contributed by atoms with E-state index >= 15 is 0 Å². The average Bonchev–Trinajstić information content (AvgIpc) is 3.23. The van der Waals surface area contributed by atoms with Gasteiger partial charge in [-0.3, -0.25) is 0 Å². The first-order valence-electron chi connectivity index (χ1n) is 7.97. The van der Waals surface area contributed by atoms with Crippen LogP contribution in [0.1, 0.15) is 0 Å². The van der Waals surface area contributed by atoms with Gasteiger partial charge in [0.05, 0.1) is 11.1 Å². The fourth-order valence-corrected chi connectivity index (χ4v) is 3.40. The number of hydrogen-bond acceptors (Lipinski definition) is 6. The summed E-state index contributed by atoms with van der Waals surface area (Å²) in [5.74, 6) is 1.05. The molecule has 5 aromatic rings. The van der Waals surface area contributed by atoms with Gasteiger partial charge in [-0.2, -0.15) is 0 Å². The number of hydrogen-bond donors (Lipinski definition) is 2. The Kier molecular flexibility index (Phi) is 3.55. The van der Waals surface area contributed by atoms with Crippen molar-refractivity contribution in [2.75, 3.05) is 0 Å². The lowest BCUT2D eigenvalue weighted by Gasteiger charge is -1.98. The van der Waals surface area contributed by atoms with E-state index in [1.165, 1.54) is 0 Å². The molecule has 126 valence electrons. The smallest absolute Gasteiger partial charge is 0.228 e. The van der Waals surface area contributed by atoms with Crippen molar-refractivity contribution in [1.82, 2.24) is 9.97 Å². The summed E-state index contributed by atoms with van der Waals surface area (Å²) in [5.41, 5.74) is 4.44. The molecule has 4 nitrogen and oxygen atoms in total. The van der Waals surface area contributed by atoms with E-state index in [1.807, 2.05) is 60.7 Å². The number of aromatic nitrogens is 2. The third-order valence-electron chi connectivity index (χ3n) is 4.17. The van der Waals surface area contributed by atoms with Gasteiger partial charge in [0.2, 0.25) is 11.8 Å². The van der Waals surface area contributed by atoms with Crippen LogP contribution in [0.5, 0.6) is 0 Å². The Morgan fingerprint density at radius 1 is 0.615 bits per heavy atom. The number of oxazole rings is 2. The lowest BCUT2D eigenvalue weighted by Crippen LogP contribution is -1.78. The van der Waals surface area contributed by atoms with E-state index in [1.54, 1.807) is 0 Å². The Hall–Kier alpha value is -2.70. The topological polar surface area (TPSA) is 52.1 Å². The summed E-state index contributed by atoms with van der Waals surface area (Å²) in [6.45, 7) is 0. The molecule has 0 unspecified atom stereocenters. The maximum atomic E-state index is 5.92. The average molecular weight is 376 g/mol. The molecular weight excluding hydrogens is 364 g/mol. The molecule has 0 amide bonds. The van der Waals surface area contributed by atoms with Gasteiger partial charge in [0, 0.05) is 21.9 Å². The molecule has 0 N–H and O–H groups in total. The van der Waals surface area contributed by atoms with Crippen molar-refractivity contribution in [3.8, 4) is 22.9 Å². The second-order valence-electron chi connectivity index (χ2n) is 5.86. The molecular formula is C20H12N2O2S2. The van der Waals surface area contributed by atoms with Gasteiger partial charge in [-0.1, -0.05) is 24.3 Å². The molecule has 5 rings (SSSR count). The van der Waals surface area contributed by atoms with Crippen LogP contribution in [0.2, 0.25) is 0 Å². The van der Waals surface area contributed by atoms with Crippen LogP contribution in [0.15, 0.2) is 79.3 Å². The highest BCUT2D eigenvalue weighted by atomic mass is 32.1. The van der Waals surface area contributed by atoms with E-state index in [0.717, 1.165) is 20.9 Å². The largest absolute Gasteiger partial charge is 0.436 e. The van der Waals surface area contributed by atoms with Crippen molar-refractivity contribution in [3.63, 3.8) is 0 Å². The van der Waals surface area contributed by atoms with Crippen LogP contribution < -0.4 is 0 Å². The Bertz CT molecular complexity index is 1130. The van der Waals surface area contributed by atoms with Crippen LogP contribution in [0.3, 0.4) is 0 Å². The van der Waals surface area contributed by atoms with Crippen molar-refractivity contribution in [1.29, 1.82) is 0 Å². The van der Waals surface area contributed by atoms with Gasteiger partial charge in [-0.25, -0.2) is 9.97 Å². The maximum absolute atomic E-state index is 5.92. The summed E-state index contributed by atoms with van der Waals surface area (Å²) in [4.78, 5) is 10.8. The van der Waals surface area contributed by atoms with Crippen LogP contribution in [-0.4, -0.2) is 9.97 Å². The number of benzene rings is 3. The van der Waals surface area contributed by atoms with E-state index in [2.05, 4.69) is 35.2 Å². The van der Waals surface area contributed by atoms with Crippen molar-refractivity contribution in [2.24, 2.45) is 0 Å². The van der Waals surface area contributed by atoms with Crippen LogP contribution in [0, 0.1) is 0 Å². The van der Waals surface area contributed by atoms with Crippen molar-refractivity contribution in [3.05, 3.63) is 60.7 Å². The van der Waals surface area contributed by atoms with E-state index in [4.69, 9.17) is 8.83 Å². The SMILES string of the molecule is Sc1ccccc1-c1nc2cc3oc(-c4ccccc4S)nc3cc2o1. The van der Waals surface area contributed by atoms with Gasteiger partial charge in [-0.05, 0) is 24.3 Å². The number of thiol groups is 2. The van der Waals surface area contributed by atoms with E-state index in [0.29, 0.717) is 34.0 Å². The standard InChI is InChI=1S/C20H12N2O2S2/c25-17-7-3-1-5-11(17)19-21-13-9-16-14(10-15(13)23-19)22-20(24-16)12-6-2-4-8-18(12)26/h1-10,25-26H. The fourth-order valence-electron chi connectivity index (χ4n) is 2.89. The second kappa shape index (κ2) is 5.93. The summed E-state index contributed by atoms with van der Waals surface area (Å²) in [5, 5.41) is 0. The monoisotopic (exact) mass is 376 g/mol. The molecule has 3 aromatic carbocycles. The highest BCUT2D eigenvalue weighted by Gasteiger charge is 2.15. The molecule has 0 saturated heterocycles. The zero-order valence-electron chi connectivity index (χ0n) is 13.4. The molecule has 0 radical (unpaired) electrons. The minimum atomic E-state index is 0.527. The van der Waals surface area contributed by atoms with Crippen LogP contribution in [-0.2, 0) is 0 Å². The zero-order valence-corrected chi connectivity index (χ0v) is 15.2. The molecule has 0 aliphatic carbocycles. The predicted molar refractivity (Wildman–Crippen MR) is 107 cm³/mol. The minimum absolute atomic E-state index is 0.527.